The van der Waals surface area contributed by atoms with E-state index in [1.165, 1.54) is 0 Å². The van der Waals surface area contributed by atoms with Gasteiger partial charge in [-0.15, -0.1) is 0 Å². The Labute approximate surface area is 123 Å². The summed E-state index contributed by atoms with van der Waals surface area (Å²) in [7, 11) is 0. The van der Waals surface area contributed by atoms with Gasteiger partial charge in [0, 0.05) is 23.5 Å². The second kappa shape index (κ2) is 5.16. The monoisotopic (exact) mass is 282 g/mol. The number of amides is 1. The van der Waals surface area contributed by atoms with Crippen molar-refractivity contribution in [1.29, 1.82) is 0 Å². The number of aryl methyl sites for hydroxylation is 2. The molecule has 5 heteroatoms. The number of carbonyl (C=O) groups is 1. The van der Waals surface area contributed by atoms with Crippen molar-refractivity contribution in [3.63, 3.8) is 0 Å². The van der Waals surface area contributed by atoms with E-state index in [-0.39, 0.29) is 5.91 Å². The molecule has 0 unspecified atom stereocenters. The highest BCUT2D eigenvalue weighted by Crippen LogP contribution is 2.33. The van der Waals surface area contributed by atoms with Gasteiger partial charge >= 0.3 is 0 Å². The lowest BCUT2D eigenvalue weighted by Crippen LogP contribution is -2.30. The average Bonchev–Trinajstić information content (AvgIpc) is 2.92. The average molecular weight is 282 g/mol. The van der Waals surface area contributed by atoms with Crippen LogP contribution in [-0.4, -0.2) is 22.6 Å². The Balaban J connectivity index is 2.02. The minimum absolute atomic E-state index is 0.0193. The standard InChI is InChI=1S/C16H18N4O/c1-3-14-12(9-10(2)18-19-14)16(21)20-8-7-11-13(17)5-4-6-15(11)20/h4-6,9H,3,7-8,17H2,1-2H3. The third-order valence-electron chi connectivity index (χ3n) is 3.87. The molecule has 5 nitrogen and oxygen atoms in total. The largest absolute Gasteiger partial charge is 0.398 e. The second-order valence-electron chi connectivity index (χ2n) is 5.25. The van der Waals surface area contributed by atoms with Gasteiger partial charge in [0.2, 0.25) is 0 Å². The highest BCUT2D eigenvalue weighted by atomic mass is 16.2. The van der Waals surface area contributed by atoms with E-state index in [9.17, 15) is 4.79 Å². The van der Waals surface area contributed by atoms with E-state index in [4.69, 9.17) is 5.73 Å². The zero-order valence-electron chi connectivity index (χ0n) is 12.3. The fourth-order valence-electron chi connectivity index (χ4n) is 2.78. The molecule has 1 amide bonds. The summed E-state index contributed by atoms with van der Waals surface area (Å²) in [6.07, 6.45) is 1.48. The molecule has 0 aliphatic carbocycles. The normalized spacial score (nSPS) is 13.3. The lowest BCUT2D eigenvalue weighted by Gasteiger charge is -2.19. The summed E-state index contributed by atoms with van der Waals surface area (Å²) in [5, 5.41) is 8.18. The number of rotatable bonds is 2. The maximum Gasteiger partial charge on any atom is 0.260 e. The molecule has 1 aromatic carbocycles. The lowest BCUT2D eigenvalue weighted by atomic mass is 10.1. The van der Waals surface area contributed by atoms with Crippen LogP contribution in [0.1, 0.15) is 34.2 Å². The number of hydrogen-bond acceptors (Lipinski definition) is 4. The van der Waals surface area contributed by atoms with Crippen LogP contribution in [0, 0.1) is 6.92 Å². The SMILES string of the molecule is CCc1nnc(C)cc1C(=O)N1CCc2c(N)cccc21. The van der Waals surface area contributed by atoms with Crippen LogP contribution < -0.4 is 10.6 Å². The van der Waals surface area contributed by atoms with Crippen LogP contribution in [0.25, 0.3) is 0 Å². The Bertz CT molecular complexity index is 711. The number of aromatic nitrogens is 2. The first-order valence-corrected chi connectivity index (χ1v) is 7.14. The van der Waals surface area contributed by atoms with Gasteiger partial charge in [-0.25, -0.2) is 0 Å². The molecule has 1 aliphatic heterocycles. The molecule has 21 heavy (non-hydrogen) atoms. The van der Waals surface area contributed by atoms with E-state index in [1.807, 2.05) is 38.1 Å². The molecule has 0 fully saturated rings. The fraction of sp³-hybridized carbons (Fsp3) is 0.312. The van der Waals surface area contributed by atoms with E-state index in [0.717, 1.165) is 34.7 Å². The molecule has 0 saturated carbocycles. The van der Waals surface area contributed by atoms with E-state index in [1.54, 1.807) is 4.90 Å². The van der Waals surface area contributed by atoms with Crippen molar-refractivity contribution >= 4 is 17.3 Å². The number of benzene rings is 1. The maximum absolute atomic E-state index is 12.9. The summed E-state index contributed by atoms with van der Waals surface area (Å²) in [6.45, 7) is 4.48. The number of carbonyl (C=O) groups excluding carboxylic acids is 1. The summed E-state index contributed by atoms with van der Waals surface area (Å²) in [4.78, 5) is 14.7. The Morgan fingerprint density at radius 3 is 2.95 bits per heavy atom. The zero-order valence-corrected chi connectivity index (χ0v) is 12.3. The van der Waals surface area contributed by atoms with E-state index < -0.39 is 0 Å². The predicted molar refractivity (Wildman–Crippen MR) is 82.4 cm³/mol. The molecular weight excluding hydrogens is 264 g/mol. The van der Waals surface area contributed by atoms with Crippen LogP contribution in [0.5, 0.6) is 0 Å². The molecular formula is C16H18N4O. The minimum atomic E-state index is -0.0193. The Hall–Kier alpha value is -2.43. The summed E-state index contributed by atoms with van der Waals surface area (Å²) in [6, 6.07) is 7.53. The lowest BCUT2D eigenvalue weighted by molar-refractivity contribution is 0.0987. The van der Waals surface area contributed by atoms with Crippen LogP contribution in [0.3, 0.4) is 0 Å². The first-order valence-electron chi connectivity index (χ1n) is 7.14. The third-order valence-corrected chi connectivity index (χ3v) is 3.87. The highest BCUT2D eigenvalue weighted by Gasteiger charge is 2.28. The van der Waals surface area contributed by atoms with Gasteiger partial charge in [0.1, 0.15) is 0 Å². The Morgan fingerprint density at radius 2 is 2.19 bits per heavy atom. The smallest absolute Gasteiger partial charge is 0.260 e. The fourth-order valence-corrected chi connectivity index (χ4v) is 2.78. The van der Waals surface area contributed by atoms with E-state index in [2.05, 4.69) is 10.2 Å². The van der Waals surface area contributed by atoms with Crippen molar-refractivity contribution in [3.05, 3.63) is 46.8 Å². The van der Waals surface area contributed by atoms with Crippen LogP contribution in [0.2, 0.25) is 0 Å². The first kappa shape index (κ1) is 13.5. The van der Waals surface area contributed by atoms with Crippen LogP contribution >= 0.6 is 0 Å². The molecule has 3 rings (SSSR count). The molecule has 1 aliphatic rings. The molecule has 108 valence electrons. The molecule has 0 spiro atoms. The molecule has 0 bridgehead atoms. The zero-order chi connectivity index (χ0) is 15.0. The van der Waals surface area contributed by atoms with Crippen molar-refractivity contribution in [2.45, 2.75) is 26.7 Å². The molecule has 0 atom stereocenters. The van der Waals surface area contributed by atoms with Crippen molar-refractivity contribution in [2.24, 2.45) is 0 Å². The van der Waals surface area contributed by atoms with Crippen LogP contribution in [0.4, 0.5) is 11.4 Å². The molecule has 2 N–H and O–H groups in total. The van der Waals surface area contributed by atoms with Gasteiger partial charge in [0.15, 0.2) is 0 Å². The summed E-state index contributed by atoms with van der Waals surface area (Å²) in [5.74, 6) is -0.0193. The Kier molecular flexibility index (Phi) is 3.33. The van der Waals surface area contributed by atoms with E-state index >= 15 is 0 Å². The molecule has 2 aromatic rings. The van der Waals surface area contributed by atoms with Crippen molar-refractivity contribution in [2.75, 3.05) is 17.2 Å². The van der Waals surface area contributed by atoms with Gasteiger partial charge in [0.25, 0.3) is 5.91 Å². The number of fused-ring (bicyclic) bond motifs is 1. The number of hydrogen-bond donors (Lipinski definition) is 1. The first-order chi connectivity index (χ1) is 10.1. The second-order valence-corrected chi connectivity index (χ2v) is 5.25. The topological polar surface area (TPSA) is 72.1 Å². The highest BCUT2D eigenvalue weighted by molar-refractivity contribution is 6.08. The number of nitrogens with zero attached hydrogens (tertiary/aromatic N) is 3. The summed E-state index contributed by atoms with van der Waals surface area (Å²) >= 11 is 0. The van der Waals surface area contributed by atoms with Gasteiger partial charge < -0.3 is 10.6 Å². The van der Waals surface area contributed by atoms with Gasteiger partial charge in [-0.2, -0.15) is 10.2 Å². The number of nitrogen functional groups attached to an aromatic ring is 1. The van der Waals surface area contributed by atoms with E-state index in [0.29, 0.717) is 18.5 Å². The third kappa shape index (κ3) is 2.24. The van der Waals surface area contributed by atoms with Crippen LogP contribution in [0.15, 0.2) is 24.3 Å². The summed E-state index contributed by atoms with van der Waals surface area (Å²) in [5.41, 5.74) is 10.8. The summed E-state index contributed by atoms with van der Waals surface area (Å²) < 4.78 is 0. The predicted octanol–water partition coefficient (Wildman–Crippen LogP) is 2.13. The molecule has 0 saturated heterocycles. The molecule has 1 aromatic heterocycles. The van der Waals surface area contributed by atoms with Crippen molar-refractivity contribution in [3.8, 4) is 0 Å². The van der Waals surface area contributed by atoms with Gasteiger partial charge in [-0.1, -0.05) is 13.0 Å². The molecule has 0 radical (unpaired) electrons. The van der Waals surface area contributed by atoms with Gasteiger partial charge in [-0.05, 0) is 38.0 Å². The Morgan fingerprint density at radius 1 is 1.38 bits per heavy atom. The minimum Gasteiger partial charge on any atom is -0.398 e. The van der Waals surface area contributed by atoms with Gasteiger partial charge in [-0.3, -0.25) is 4.79 Å². The molecule has 2 heterocycles. The maximum atomic E-state index is 12.9. The number of anilines is 2. The van der Waals surface area contributed by atoms with Crippen molar-refractivity contribution < 1.29 is 4.79 Å². The number of nitrogens with two attached hydrogens (primary N) is 1. The van der Waals surface area contributed by atoms with Crippen molar-refractivity contribution in [1.82, 2.24) is 10.2 Å². The van der Waals surface area contributed by atoms with Gasteiger partial charge in [0.05, 0.1) is 17.0 Å². The quantitative estimate of drug-likeness (QED) is 0.856. The van der Waals surface area contributed by atoms with Crippen LogP contribution in [-0.2, 0) is 12.8 Å².